The van der Waals surface area contributed by atoms with E-state index >= 15 is 0 Å². The Kier molecular flexibility index (Phi) is 3.72. The lowest BCUT2D eigenvalue weighted by atomic mass is 9.79. The Hall–Kier alpha value is -1.06. The number of aliphatic carboxylic acids is 1. The first-order chi connectivity index (χ1) is 6.95. The molecule has 0 bridgehead atoms. The monoisotopic (exact) mass is 213 g/mol. The normalized spacial score (nSPS) is 18.8. The van der Waals surface area contributed by atoms with Crippen molar-refractivity contribution >= 4 is 11.9 Å². The summed E-state index contributed by atoms with van der Waals surface area (Å²) in [5.41, 5.74) is -0.271. The fourth-order valence-corrected chi connectivity index (χ4v) is 2.34. The SMILES string of the molecule is CN(C)C(=O)CC1(CC(=O)O)CCCC1. The van der Waals surface area contributed by atoms with Gasteiger partial charge in [-0.2, -0.15) is 0 Å². The third-order valence-electron chi connectivity index (χ3n) is 3.22. The van der Waals surface area contributed by atoms with Crippen molar-refractivity contribution in [3.8, 4) is 0 Å². The highest BCUT2D eigenvalue weighted by molar-refractivity contribution is 5.77. The van der Waals surface area contributed by atoms with Crippen LogP contribution in [-0.2, 0) is 9.59 Å². The summed E-state index contributed by atoms with van der Waals surface area (Å²) < 4.78 is 0. The number of hydrogen-bond acceptors (Lipinski definition) is 2. The molecule has 4 nitrogen and oxygen atoms in total. The predicted molar refractivity (Wildman–Crippen MR) is 56.5 cm³/mol. The number of carboxylic acids is 1. The quantitative estimate of drug-likeness (QED) is 0.770. The number of hydrogen-bond donors (Lipinski definition) is 1. The Bertz CT molecular complexity index is 255. The van der Waals surface area contributed by atoms with Crippen LogP contribution in [0.5, 0.6) is 0 Å². The van der Waals surface area contributed by atoms with E-state index < -0.39 is 5.97 Å². The van der Waals surface area contributed by atoms with Crippen LogP contribution in [0, 0.1) is 5.41 Å². The van der Waals surface area contributed by atoms with Gasteiger partial charge < -0.3 is 10.0 Å². The fraction of sp³-hybridized carbons (Fsp3) is 0.818. The minimum atomic E-state index is -0.788. The van der Waals surface area contributed by atoms with Crippen LogP contribution < -0.4 is 0 Å². The van der Waals surface area contributed by atoms with Crippen molar-refractivity contribution in [2.75, 3.05) is 14.1 Å². The Labute approximate surface area is 90.3 Å². The van der Waals surface area contributed by atoms with Gasteiger partial charge in [0.05, 0.1) is 6.42 Å². The van der Waals surface area contributed by atoms with Crippen molar-refractivity contribution in [1.82, 2.24) is 4.90 Å². The van der Waals surface area contributed by atoms with Gasteiger partial charge in [0, 0.05) is 20.5 Å². The number of carboxylic acid groups (broad SMARTS) is 1. The molecule has 1 aliphatic rings. The van der Waals surface area contributed by atoms with E-state index in [9.17, 15) is 9.59 Å². The highest BCUT2D eigenvalue weighted by atomic mass is 16.4. The van der Waals surface area contributed by atoms with Gasteiger partial charge in [0.25, 0.3) is 0 Å². The second kappa shape index (κ2) is 4.64. The molecule has 1 saturated carbocycles. The van der Waals surface area contributed by atoms with Crippen molar-refractivity contribution in [3.05, 3.63) is 0 Å². The van der Waals surface area contributed by atoms with Gasteiger partial charge in [-0.25, -0.2) is 0 Å². The van der Waals surface area contributed by atoms with Crippen LogP contribution in [0.1, 0.15) is 38.5 Å². The number of carbonyl (C=O) groups is 2. The van der Waals surface area contributed by atoms with E-state index in [1.165, 1.54) is 0 Å². The van der Waals surface area contributed by atoms with E-state index in [2.05, 4.69) is 0 Å². The predicted octanol–water partition coefficient (Wildman–Crippen LogP) is 1.50. The Morgan fingerprint density at radius 2 is 1.73 bits per heavy atom. The molecule has 0 unspecified atom stereocenters. The second-order valence-corrected chi connectivity index (χ2v) is 4.74. The van der Waals surface area contributed by atoms with Crippen molar-refractivity contribution in [1.29, 1.82) is 0 Å². The van der Waals surface area contributed by atoms with Gasteiger partial charge >= 0.3 is 5.97 Å². The standard InChI is InChI=1S/C11H19NO3/c1-12(2)9(13)7-11(8-10(14)15)5-3-4-6-11/h3-8H2,1-2H3,(H,14,15). The zero-order valence-corrected chi connectivity index (χ0v) is 9.45. The highest BCUT2D eigenvalue weighted by Crippen LogP contribution is 2.44. The van der Waals surface area contributed by atoms with Crippen LogP contribution in [0.3, 0.4) is 0 Å². The van der Waals surface area contributed by atoms with Gasteiger partial charge in [0.15, 0.2) is 0 Å². The maximum absolute atomic E-state index is 11.6. The molecule has 0 radical (unpaired) electrons. The lowest BCUT2D eigenvalue weighted by molar-refractivity contribution is -0.141. The Morgan fingerprint density at radius 3 is 2.13 bits per heavy atom. The summed E-state index contributed by atoms with van der Waals surface area (Å²) in [4.78, 5) is 23.9. The van der Waals surface area contributed by atoms with E-state index in [0.717, 1.165) is 25.7 Å². The molecule has 0 aromatic carbocycles. The minimum Gasteiger partial charge on any atom is -0.481 e. The lowest BCUT2D eigenvalue weighted by Gasteiger charge is -2.27. The van der Waals surface area contributed by atoms with Gasteiger partial charge in [0.1, 0.15) is 0 Å². The van der Waals surface area contributed by atoms with Crippen molar-refractivity contribution < 1.29 is 14.7 Å². The topological polar surface area (TPSA) is 57.6 Å². The molecule has 0 spiro atoms. The molecule has 0 aromatic heterocycles. The number of rotatable bonds is 4. The molecular formula is C11H19NO3. The molecule has 1 rings (SSSR count). The Balaban J connectivity index is 2.65. The van der Waals surface area contributed by atoms with E-state index in [0.29, 0.717) is 6.42 Å². The minimum absolute atomic E-state index is 0.0400. The maximum atomic E-state index is 11.6. The zero-order chi connectivity index (χ0) is 11.5. The van der Waals surface area contributed by atoms with Crippen molar-refractivity contribution in [2.45, 2.75) is 38.5 Å². The van der Waals surface area contributed by atoms with E-state index in [-0.39, 0.29) is 17.7 Å². The molecule has 0 atom stereocenters. The van der Waals surface area contributed by atoms with Gasteiger partial charge in [-0.3, -0.25) is 9.59 Å². The zero-order valence-electron chi connectivity index (χ0n) is 9.45. The summed E-state index contributed by atoms with van der Waals surface area (Å²) in [6.45, 7) is 0. The van der Waals surface area contributed by atoms with Crippen molar-refractivity contribution in [3.63, 3.8) is 0 Å². The van der Waals surface area contributed by atoms with Gasteiger partial charge in [0.2, 0.25) is 5.91 Å². The van der Waals surface area contributed by atoms with Crippen LogP contribution >= 0.6 is 0 Å². The number of nitrogens with zero attached hydrogens (tertiary/aromatic N) is 1. The highest BCUT2D eigenvalue weighted by Gasteiger charge is 2.38. The molecule has 1 fully saturated rings. The van der Waals surface area contributed by atoms with Crippen molar-refractivity contribution in [2.24, 2.45) is 5.41 Å². The largest absolute Gasteiger partial charge is 0.481 e. The molecule has 86 valence electrons. The first-order valence-electron chi connectivity index (χ1n) is 5.37. The molecule has 15 heavy (non-hydrogen) atoms. The summed E-state index contributed by atoms with van der Waals surface area (Å²) >= 11 is 0. The summed E-state index contributed by atoms with van der Waals surface area (Å²) in [5, 5.41) is 8.87. The number of amides is 1. The van der Waals surface area contributed by atoms with Crippen LogP contribution in [0.4, 0.5) is 0 Å². The molecule has 0 saturated heterocycles. The van der Waals surface area contributed by atoms with Crippen LogP contribution in [0.2, 0.25) is 0 Å². The smallest absolute Gasteiger partial charge is 0.303 e. The summed E-state index contributed by atoms with van der Waals surface area (Å²) in [7, 11) is 3.43. The average molecular weight is 213 g/mol. The van der Waals surface area contributed by atoms with Gasteiger partial charge in [-0.15, -0.1) is 0 Å². The Morgan fingerprint density at radius 1 is 1.20 bits per heavy atom. The van der Waals surface area contributed by atoms with E-state index in [4.69, 9.17) is 5.11 Å². The number of carbonyl (C=O) groups excluding carboxylic acids is 1. The van der Waals surface area contributed by atoms with Gasteiger partial charge in [-0.05, 0) is 18.3 Å². The average Bonchev–Trinajstić information content (AvgIpc) is 2.51. The van der Waals surface area contributed by atoms with Crippen LogP contribution in [0.15, 0.2) is 0 Å². The maximum Gasteiger partial charge on any atom is 0.303 e. The van der Waals surface area contributed by atoms with E-state index in [1.54, 1.807) is 19.0 Å². The first-order valence-corrected chi connectivity index (χ1v) is 5.37. The third kappa shape index (κ3) is 3.22. The van der Waals surface area contributed by atoms with Crippen LogP contribution in [-0.4, -0.2) is 36.0 Å². The van der Waals surface area contributed by atoms with Crippen LogP contribution in [0.25, 0.3) is 0 Å². The lowest BCUT2D eigenvalue weighted by Crippen LogP contribution is -2.31. The summed E-state index contributed by atoms with van der Waals surface area (Å²) in [5.74, 6) is -0.749. The molecule has 4 heteroatoms. The third-order valence-corrected chi connectivity index (χ3v) is 3.22. The fourth-order valence-electron chi connectivity index (χ4n) is 2.34. The molecular weight excluding hydrogens is 194 g/mol. The molecule has 1 aliphatic carbocycles. The first kappa shape index (κ1) is 12.0. The molecule has 0 aromatic rings. The molecule has 1 amide bonds. The molecule has 0 aliphatic heterocycles. The second-order valence-electron chi connectivity index (χ2n) is 4.74. The summed E-state index contributed by atoms with van der Waals surface area (Å²) in [6, 6.07) is 0. The molecule has 1 N–H and O–H groups in total. The van der Waals surface area contributed by atoms with Gasteiger partial charge in [-0.1, -0.05) is 12.8 Å². The van der Waals surface area contributed by atoms with E-state index in [1.807, 2.05) is 0 Å². The molecule has 0 heterocycles. The summed E-state index contributed by atoms with van der Waals surface area (Å²) in [6.07, 6.45) is 4.36.